The van der Waals surface area contributed by atoms with Crippen LogP contribution in [0.3, 0.4) is 0 Å². The maximum Gasteiger partial charge on any atom is 0.198 e. The number of furan rings is 1. The van der Waals surface area contributed by atoms with Crippen LogP contribution in [-0.4, -0.2) is 10.8 Å². The molecule has 0 aliphatic carbocycles. The van der Waals surface area contributed by atoms with Gasteiger partial charge >= 0.3 is 0 Å². The topological polar surface area (TPSA) is 46.0 Å². The summed E-state index contributed by atoms with van der Waals surface area (Å²) in [4.78, 5) is 15.2. The number of benzene rings is 1. The molecule has 0 atom stereocenters. The highest BCUT2D eigenvalue weighted by molar-refractivity contribution is 6.31. The first-order valence-electron chi connectivity index (χ1n) is 5.09. The van der Waals surface area contributed by atoms with Crippen molar-refractivity contribution in [3.05, 3.63) is 59.1 Å². The van der Waals surface area contributed by atoms with E-state index in [0.717, 1.165) is 10.9 Å². The number of ketones is 1. The van der Waals surface area contributed by atoms with E-state index in [9.17, 15) is 4.79 Å². The van der Waals surface area contributed by atoms with Gasteiger partial charge < -0.3 is 9.40 Å². The molecule has 0 aliphatic rings. The summed E-state index contributed by atoms with van der Waals surface area (Å²) in [5.74, 6) is -0.0766. The quantitative estimate of drug-likeness (QED) is 0.701. The Balaban J connectivity index is 2.18. The largest absolute Gasteiger partial charge is 0.472 e. The molecular formula is C13H8ClNO2. The molecule has 3 aromatic rings. The molecular weight excluding hydrogens is 238 g/mol. The van der Waals surface area contributed by atoms with Gasteiger partial charge in [0.05, 0.1) is 11.8 Å². The van der Waals surface area contributed by atoms with Gasteiger partial charge in [-0.3, -0.25) is 4.79 Å². The van der Waals surface area contributed by atoms with Crippen LogP contribution in [0.5, 0.6) is 0 Å². The smallest absolute Gasteiger partial charge is 0.198 e. The molecule has 0 fully saturated rings. The van der Waals surface area contributed by atoms with E-state index in [1.165, 1.54) is 12.5 Å². The summed E-state index contributed by atoms with van der Waals surface area (Å²) in [6.45, 7) is 0. The van der Waals surface area contributed by atoms with E-state index < -0.39 is 0 Å². The lowest BCUT2D eigenvalue weighted by Crippen LogP contribution is -1.97. The average molecular weight is 246 g/mol. The molecule has 0 unspecified atom stereocenters. The van der Waals surface area contributed by atoms with Crippen LogP contribution in [0, 0.1) is 0 Å². The Hall–Kier alpha value is -2.00. The third-order valence-corrected chi connectivity index (χ3v) is 2.91. The number of carbonyl (C=O) groups is 1. The van der Waals surface area contributed by atoms with Gasteiger partial charge in [0.25, 0.3) is 0 Å². The molecule has 0 radical (unpaired) electrons. The summed E-state index contributed by atoms with van der Waals surface area (Å²) in [7, 11) is 0. The Morgan fingerprint density at radius 2 is 2.18 bits per heavy atom. The second kappa shape index (κ2) is 3.79. The minimum absolute atomic E-state index is 0.0766. The van der Waals surface area contributed by atoms with Crippen molar-refractivity contribution in [2.45, 2.75) is 0 Å². The van der Waals surface area contributed by atoms with E-state index in [2.05, 4.69) is 4.98 Å². The molecule has 17 heavy (non-hydrogen) atoms. The van der Waals surface area contributed by atoms with E-state index in [1.54, 1.807) is 24.4 Å². The van der Waals surface area contributed by atoms with Gasteiger partial charge in [0.1, 0.15) is 6.26 Å². The highest BCUT2D eigenvalue weighted by Gasteiger charge is 2.15. The summed E-state index contributed by atoms with van der Waals surface area (Å²) in [6, 6.07) is 7.06. The van der Waals surface area contributed by atoms with Gasteiger partial charge in [-0.2, -0.15) is 0 Å². The van der Waals surface area contributed by atoms with E-state index in [0.29, 0.717) is 16.1 Å². The summed E-state index contributed by atoms with van der Waals surface area (Å²) in [5, 5.41) is 1.43. The minimum Gasteiger partial charge on any atom is -0.472 e. The molecule has 0 saturated heterocycles. The summed E-state index contributed by atoms with van der Waals surface area (Å²) in [5.41, 5.74) is 2.02. The molecule has 3 nitrogen and oxygen atoms in total. The van der Waals surface area contributed by atoms with Gasteiger partial charge in [0.2, 0.25) is 0 Å². The van der Waals surface area contributed by atoms with E-state index >= 15 is 0 Å². The minimum atomic E-state index is -0.0766. The van der Waals surface area contributed by atoms with Gasteiger partial charge in [-0.15, -0.1) is 0 Å². The maximum absolute atomic E-state index is 12.2. The van der Waals surface area contributed by atoms with Crippen LogP contribution < -0.4 is 0 Å². The number of fused-ring (bicyclic) bond motifs is 1. The van der Waals surface area contributed by atoms with Crippen molar-refractivity contribution in [2.75, 3.05) is 0 Å². The van der Waals surface area contributed by atoms with Gasteiger partial charge in [-0.05, 0) is 24.3 Å². The fourth-order valence-corrected chi connectivity index (χ4v) is 2.00. The Morgan fingerprint density at radius 1 is 1.29 bits per heavy atom. The number of H-pyrrole nitrogens is 1. The Bertz CT molecular complexity index is 683. The number of nitrogens with one attached hydrogen (secondary N) is 1. The molecule has 0 saturated carbocycles. The summed E-state index contributed by atoms with van der Waals surface area (Å²) in [6.07, 6.45) is 4.61. The number of aromatic nitrogens is 1. The average Bonchev–Trinajstić information content (AvgIpc) is 2.97. The third kappa shape index (κ3) is 1.65. The van der Waals surface area contributed by atoms with Crippen LogP contribution in [0.25, 0.3) is 10.9 Å². The number of hydrogen-bond donors (Lipinski definition) is 1. The number of aromatic amines is 1. The summed E-state index contributed by atoms with van der Waals surface area (Å²) >= 11 is 5.93. The van der Waals surface area contributed by atoms with Crippen molar-refractivity contribution in [2.24, 2.45) is 0 Å². The first-order chi connectivity index (χ1) is 8.25. The molecule has 84 valence electrons. The SMILES string of the molecule is O=C(c1ccoc1)c1c[nH]c2ccc(Cl)cc12. The Kier molecular flexibility index (Phi) is 2.27. The lowest BCUT2D eigenvalue weighted by atomic mass is 10.1. The van der Waals surface area contributed by atoms with Crippen LogP contribution in [0.15, 0.2) is 47.4 Å². The Morgan fingerprint density at radius 3 is 2.94 bits per heavy atom. The number of carbonyl (C=O) groups excluding carboxylic acids is 1. The van der Waals surface area contributed by atoms with Crippen molar-refractivity contribution in [3.63, 3.8) is 0 Å². The lowest BCUT2D eigenvalue weighted by Gasteiger charge is -1.96. The fourth-order valence-electron chi connectivity index (χ4n) is 1.83. The molecule has 2 heterocycles. The van der Waals surface area contributed by atoms with E-state index in [1.807, 2.05) is 6.07 Å². The number of hydrogen-bond acceptors (Lipinski definition) is 2. The number of halogens is 1. The molecule has 3 rings (SSSR count). The Labute approximate surface area is 102 Å². The molecule has 4 heteroatoms. The predicted octanol–water partition coefficient (Wildman–Crippen LogP) is 3.65. The zero-order valence-electron chi connectivity index (χ0n) is 8.74. The van der Waals surface area contributed by atoms with Crippen LogP contribution >= 0.6 is 11.6 Å². The second-order valence-corrected chi connectivity index (χ2v) is 4.17. The van der Waals surface area contributed by atoms with Gasteiger partial charge in [-0.25, -0.2) is 0 Å². The second-order valence-electron chi connectivity index (χ2n) is 3.73. The molecule has 1 aromatic carbocycles. The maximum atomic E-state index is 12.2. The van der Waals surface area contributed by atoms with Crippen LogP contribution in [0.4, 0.5) is 0 Å². The van der Waals surface area contributed by atoms with E-state index in [4.69, 9.17) is 16.0 Å². The molecule has 1 N–H and O–H groups in total. The molecule has 0 bridgehead atoms. The highest BCUT2D eigenvalue weighted by Crippen LogP contribution is 2.24. The van der Waals surface area contributed by atoms with Crippen molar-refractivity contribution in [1.82, 2.24) is 4.98 Å². The van der Waals surface area contributed by atoms with Crippen LogP contribution in [0.1, 0.15) is 15.9 Å². The normalized spacial score (nSPS) is 10.9. The fraction of sp³-hybridized carbons (Fsp3) is 0. The summed E-state index contributed by atoms with van der Waals surface area (Å²) < 4.78 is 4.91. The predicted molar refractivity (Wildman–Crippen MR) is 65.4 cm³/mol. The van der Waals surface area contributed by atoms with Crippen molar-refractivity contribution < 1.29 is 9.21 Å². The van der Waals surface area contributed by atoms with Crippen molar-refractivity contribution in [3.8, 4) is 0 Å². The lowest BCUT2D eigenvalue weighted by molar-refractivity contribution is 0.103. The first-order valence-corrected chi connectivity index (χ1v) is 5.47. The standard InChI is InChI=1S/C13H8ClNO2/c14-9-1-2-12-10(5-9)11(6-15-12)13(16)8-3-4-17-7-8/h1-7,15H. The zero-order valence-corrected chi connectivity index (χ0v) is 9.49. The van der Waals surface area contributed by atoms with Crippen LogP contribution in [-0.2, 0) is 0 Å². The van der Waals surface area contributed by atoms with Crippen molar-refractivity contribution >= 4 is 28.3 Å². The van der Waals surface area contributed by atoms with Crippen molar-refractivity contribution in [1.29, 1.82) is 0 Å². The number of rotatable bonds is 2. The third-order valence-electron chi connectivity index (χ3n) is 2.67. The molecule has 0 aliphatic heterocycles. The van der Waals surface area contributed by atoms with Gasteiger partial charge in [0, 0.05) is 27.7 Å². The molecule has 0 spiro atoms. The molecule has 2 aromatic heterocycles. The van der Waals surface area contributed by atoms with Gasteiger partial charge in [-0.1, -0.05) is 11.6 Å². The van der Waals surface area contributed by atoms with E-state index in [-0.39, 0.29) is 5.78 Å². The molecule has 0 amide bonds. The zero-order chi connectivity index (χ0) is 11.8. The van der Waals surface area contributed by atoms with Gasteiger partial charge in [0.15, 0.2) is 5.78 Å². The van der Waals surface area contributed by atoms with Crippen LogP contribution in [0.2, 0.25) is 5.02 Å². The monoisotopic (exact) mass is 245 g/mol. The first kappa shape index (κ1) is 10.2. The highest BCUT2D eigenvalue weighted by atomic mass is 35.5.